The van der Waals surface area contributed by atoms with Gasteiger partial charge in [0, 0.05) is 12.1 Å². The minimum atomic E-state index is -0.0272. The Morgan fingerprint density at radius 1 is 1.11 bits per heavy atom. The Bertz CT molecular complexity index is 397. The van der Waals surface area contributed by atoms with E-state index in [9.17, 15) is 4.79 Å². The van der Waals surface area contributed by atoms with Crippen LogP contribution in [-0.4, -0.2) is 19.0 Å². The van der Waals surface area contributed by atoms with Crippen LogP contribution in [0.3, 0.4) is 0 Å². The fourth-order valence-corrected chi connectivity index (χ4v) is 2.04. The highest BCUT2D eigenvalue weighted by Gasteiger charge is 2.17. The van der Waals surface area contributed by atoms with Crippen LogP contribution in [-0.2, 0) is 0 Å². The molecule has 0 fully saturated rings. The molecule has 0 aliphatic heterocycles. The predicted molar refractivity (Wildman–Crippen MR) is 72.8 cm³/mol. The van der Waals surface area contributed by atoms with E-state index in [1.54, 1.807) is 0 Å². The Labute approximate surface area is 109 Å². The Morgan fingerprint density at radius 2 is 1.78 bits per heavy atom. The summed E-state index contributed by atoms with van der Waals surface area (Å²) in [4.78, 5) is 12.0. The smallest absolute Gasteiger partial charge is 0.255 e. The molecule has 0 spiro atoms. The number of carbonyl (C=O) groups excluding carboxylic acids is 1. The number of nitrogens with one attached hydrogen (secondary N) is 1. The van der Waals surface area contributed by atoms with Gasteiger partial charge in [0.05, 0.1) is 5.56 Å². The topological polar surface area (TPSA) is 68.3 Å². The molecule has 0 aliphatic rings. The zero-order valence-electron chi connectivity index (χ0n) is 11.6. The molecule has 1 aromatic rings. The molecule has 0 saturated heterocycles. The largest absolute Gasteiger partial charge is 0.466 e. The van der Waals surface area contributed by atoms with Crippen molar-refractivity contribution in [2.45, 2.75) is 46.5 Å². The molecule has 0 radical (unpaired) electrons. The minimum absolute atomic E-state index is 0.0272. The van der Waals surface area contributed by atoms with E-state index in [0.29, 0.717) is 17.9 Å². The second kappa shape index (κ2) is 7.21. The summed E-state index contributed by atoms with van der Waals surface area (Å²) in [6, 6.07) is 0. The molecule has 0 aromatic carbocycles. The van der Waals surface area contributed by atoms with E-state index >= 15 is 0 Å². The molecule has 1 aromatic heterocycles. The molecule has 102 valence electrons. The summed E-state index contributed by atoms with van der Waals surface area (Å²) in [7, 11) is 0. The van der Waals surface area contributed by atoms with Gasteiger partial charge in [-0.15, -0.1) is 0 Å². The molecule has 0 atom stereocenters. The van der Waals surface area contributed by atoms with Crippen LogP contribution in [0.1, 0.15) is 53.1 Å². The zero-order valence-corrected chi connectivity index (χ0v) is 11.6. The molecular weight excluding hydrogens is 228 g/mol. The van der Waals surface area contributed by atoms with Crippen LogP contribution >= 0.6 is 0 Å². The Kier molecular flexibility index (Phi) is 5.92. The molecule has 18 heavy (non-hydrogen) atoms. The lowest BCUT2D eigenvalue weighted by Gasteiger charge is -2.05. The van der Waals surface area contributed by atoms with Gasteiger partial charge in [-0.3, -0.25) is 4.79 Å². The third-order valence-electron chi connectivity index (χ3n) is 3.20. The van der Waals surface area contributed by atoms with Gasteiger partial charge in [0.2, 0.25) is 0 Å². The normalized spacial score (nSPS) is 10.7. The summed E-state index contributed by atoms with van der Waals surface area (Å²) in [6.07, 6.45) is 4.31. The van der Waals surface area contributed by atoms with Crippen LogP contribution in [0.4, 0.5) is 0 Å². The average Bonchev–Trinajstić information content (AvgIpc) is 2.58. The van der Waals surface area contributed by atoms with E-state index in [0.717, 1.165) is 43.6 Å². The van der Waals surface area contributed by atoms with Crippen LogP contribution in [0.5, 0.6) is 0 Å². The van der Waals surface area contributed by atoms with E-state index in [2.05, 4.69) is 5.32 Å². The summed E-state index contributed by atoms with van der Waals surface area (Å²) in [5.41, 5.74) is 7.05. The van der Waals surface area contributed by atoms with Gasteiger partial charge in [0.1, 0.15) is 11.5 Å². The molecule has 0 bridgehead atoms. The maximum Gasteiger partial charge on any atom is 0.255 e. The number of carbonyl (C=O) groups is 1. The molecule has 0 unspecified atom stereocenters. The predicted octanol–water partition coefficient (Wildman–Crippen LogP) is 2.45. The number of hydrogen-bond acceptors (Lipinski definition) is 3. The van der Waals surface area contributed by atoms with Crippen molar-refractivity contribution in [3.05, 3.63) is 22.6 Å². The van der Waals surface area contributed by atoms with Crippen molar-refractivity contribution in [2.24, 2.45) is 5.73 Å². The number of rotatable bonds is 7. The summed E-state index contributed by atoms with van der Waals surface area (Å²) in [5, 5.41) is 2.94. The Morgan fingerprint density at radius 3 is 2.33 bits per heavy atom. The van der Waals surface area contributed by atoms with Crippen molar-refractivity contribution in [3.8, 4) is 0 Å². The first-order valence-corrected chi connectivity index (χ1v) is 6.62. The number of furan rings is 1. The monoisotopic (exact) mass is 252 g/mol. The highest BCUT2D eigenvalue weighted by molar-refractivity contribution is 5.96. The first-order chi connectivity index (χ1) is 8.57. The maximum absolute atomic E-state index is 12.0. The lowest BCUT2D eigenvalue weighted by atomic mass is 10.1. The maximum atomic E-state index is 12.0. The summed E-state index contributed by atoms with van der Waals surface area (Å²) in [6.45, 7) is 7.09. The average molecular weight is 252 g/mol. The number of unbranched alkanes of at least 4 members (excludes halogenated alkanes) is 3. The lowest BCUT2D eigenvalue weighted by Crippen LogP contribution is -2.25. The van der Waals surface area contributed by atoms with Gasteiger partial charge in [-0.1, -0.05) is 12.8 Å². The third kappa shape index (κ3) is 3.88. The van der Waals surface area contributed by atoms with Gasteiger partial charge in [-0.25, -0.2) is 0 Å². The van der Waals surface area contributed by atoms with Crippen molar-refractivity contribution in [3.63, 3.8) is 0 Å². The van der Waals surface area contributed by atoms with E-state index in [1.165, 1.54) is 0 Å². The van der Waals surface area contributed by atoms with Crippen LogP contribution in [0.15, 0.2) is 4.42 Å². The molecule has 4 nitrogen and oxygen atoms in total. The quantitative estimate of drug-likeness (QED) is 0.732. The molecule has 1 amide bonds. The number of hydrogen-bond donors (Lipinski definition) is 2. The van der Waals surface area contributed by atoms with Crippen molar-refractivity contribution < 1.29 is 9.21 Å². The Balaban J connectivity index is 2.37. The van der Waals surface area contributed by atoms with Crippen molar-refractivity contribution >= 4 is 5.91 Å². The van der Waals surface area contributed by atoms with Crippen LogP contribution in [0.2, 0.25) is 0 Å². The molecule has 0 aliphatic carbocycles. The molecule has 0 saturated carbocycles. The second-order valence-corrected chi connectivity index (χ2v) is 4.67. The fraction of sp³-hybridized carbons (Fsp3) is 0.643. The standard InChI is InChI=1S/C14H24N2O2/c1-10-11(2)18-12(3)13(10)14(17)16-9-7-5-4-6-8-15/h4-9,15H2,1-3H3,(H,16,17). The first kappa shape index (κ1) is 14.8. The number of amides is 1. The van der Waals surface area contributed by atoms with E-state index in [-0.39, 0.29) is 5.91 Å². The molecule has 3 N–H and O–H groups in total. The second-order valence-electron chi connectivity index (χ2n) is 4.67. The highest BCUT2D eigenvalue weighted by Crippen LogP contribution is 2.20. The number of aryl methyl sites for hydroxylation is 2. The van der Waals surface area contributed by atoms with Gasteiger partial charge in [0.15, 0.2) is 0 Å². The van der Waals surface area contributed by atoms with Crippen molar-refractivity contribution in [1.29, 1.82) is 0 Å². The van der Waals surface area contributed by atoms with Crippen LogP contribution in [0.25, 0.3) is 0 Å². The summed E-state index contributed by atoms with van der Waals surface area (Å²) < 4.78 is 5.45. The molecular formula is C14H24N2O2. The minimum Gasteiger partial charge on any atom is -0.466 e. The summed E-state index contributed by atoms with van der Waals surface area (Å²) in [5.74, 6) is 1.49. The molecule has 1 rings (SSSR count). The first-order valence-electron chi connectivity index (χ1n) is 6.62. The van der Waals surface area contributed by atoms with Gasteiger partial charge in [-0.05, 0) is 40.2 Å². The van der Waals surface area contributed by atoms with E-state index in [4.69, 9.17) is 10.2 Å². The van der Waals surface area contributed by atoms with Crippen LogP contribution in [0, 0.1) is 20.8 Å². The van der Waals surface area contributed by atoms with Crippen LogP contribution < -0.4 is 11.1 Å². The van der Waals surface area contributed by atoms with Gasteiger partial charge < -0.3 is 15.5 Å². The van der Waals surface area contributed by atoms with Gasteiger partial charge in [-0.2, -0.15) is 0 Å². The zero-order chi connectivity index (χ0) is 13.5. The van der Waals surface area contributed by atoms with Gasteiger partial charge in [0.25, 0.3) is 5.91 Å². The SMILES string of the molecule is Cc1oc(C)c(C(=O)NCCCCCCN)c1C. The fourth-order valence-electron chi connectivity index (χ4n) is 2.04. The van der Waals surface area contributed by atoms with Crippen molar-refractivity contribution in [2.75, 3.05) is 13.1 Å². The lowest BCUT2D eigenvalue weighted by molar-refractivity contribution is 0.0951. The van der Waals surface area contributed by atoms with Crippen molar-refractivity contribution in [1.82, 2.24) is 5.32 Å². The Hall–Kier alpha value is -1.29. The third-order valence-corrected chi connectivity index (χ3v) is 3.20. The van der Waals surface area contributed by atoms with E-state index in [1.807, 2.05) is 20.8 Å². The number of nitrogens with two attached hydrogens (primary N) is 1. The highest BCUT2D eigenvalue weighted by atomic mass is 16.3. The summed E-state index contributed by atoms with van der Waals surface area (Å²) >= 11 is 0. The van der Waals surface area contributed by atoms with E-state index < -0.39 is 0 Å². The molecule has 4 heteroatoms. The molecule has 1 heterocycles. The van der Waals surface area contributed by atoms with Gasteiger partial charge >= 0.3 is 0 Å².